The third-order valence-electron chi connectivity index (χ3n) is 2.21. The van der Waals surface area contributed by atoms with Gasteiger partial charge in [-0.15, -0.1) is 0 Å². The fourth-order valence-corrected chi connectivity index (χ4v) is 1.55. The molecule has 3 nitrogen and oxygen atoms in total. The van der Waals surface area contributed by atoms with E-state index in [1.165, 1.54) is 0 Å². The lowest BCUT2D eigenvalue weighted by Gasteiger charge is -2.20. The number of rotatable bonds is 5. The van der Waals surface area contributed by atoms with Crippen LogP contribution in [0.2, 0.25) is 0 Å². The van der Waals surface area contributed by atoms with Crippen molar-refractivity contribution in [1.29, 1.82) is 0 Å². The molecule has 0 amide bonds. The maximum Gasteiger partial charge on any atom is 0.469 e. The molecule has 0 radical (unpaired) electrons. The van der Waals surface area contributed by atoms with Gasteiger partial charge < -0.3 is 15.4 Å². The van der Waals surface area contributed by atoms with Crippen LogP contribution in [0.1, 0.15) is 19.4 Å². The maximum absolute atomic E-state index is 9.22. The van der Waals surface area contributed by atoms with Crippen molar-refractivity contribution in [3.8, 4) is 0 Å². The lowest BCUT2D eigenvalue weighted by atomic mass is 9.75. The first kappa shape index (κ1) is 12.2. The summed E-state index contributed by atoms with van der Waals surface area (Å²) in [5, 5.41) is 21.6. The zero-order chi connectivity index (χ0) is 11.3. The van der Waals surface area contributed by atoms with Crippen LogP contribution in [0.25, 0.3) is 0 Å². The Morgan fingerprint density at radius 1 is 1.20 bits per heavy atom. The summed E-state index contributed by atoms with van der Waals surface area (Å²) < 4.78 is 0. The number of nitrogens with one attached hydrogen (secondary N) is 1. The summed E-state index contributed by atoms with van der Waals surface area (Å²) in [7, 11) is -1.33. The van der Waals surface area contributed by atoms with E-state index in [4.69, 9.17) is 0 Å². The molecule has 0 heterocycles. The van der Waals surface area contributed by atoms with Crippen LogP contribution < -0.4 is 5.32 Å². The molecular formula is C11H18BNO2. The quantitative estimate of drug-likeness (QED) is 0.620. The van der Waals surface area contributed by atoms with Crippen LogP contribution in [-0.4, -0.2) is 29.1 Å². The van der Waals surface area contributed by atoms with Gasteiger partial charge in [0, 0.05) is 12.0 Å². The number of hydrogen-bond donors (Lipinski definition) is 3. The van der Waals surface area contributed by atoms with Crippen LogP contribution >= 0.6 is 0 Å². The third kappa shape index (κ3) is 4.47. The summed E-state index contributed by atoms with van der Waals surface area (Å²) in [6.45, 7) is 3.97. The van der Waals surface area contributed by atoms with E-state index in [0.717, 1.165) is 5.56 Å². The van der Waals surface area contributed by atoms with Gasteiger partial charge in [-0.3, -0.25) is 0 Å². The normalized spacial score (nSPS) is 12.9. The second-order valence-electron chi connectivity index (χ2n) is 4.03. The van der Waals surface area contributed by atoms with Gasteiger partial charge in [0.15, 0.2) is 0 Å². The Labute approximate surface area is 91.3 Å². The lowest BCUT2D eigenvalue weighted by Crippen LogP contribution is -2.47. The number of hydrogen-bond acceptors (Lipinski definition) is 3. The zero-order valence-corrected chi connectivity index (χ0v) is 9.22. The van der Waals surface area contributed by atoms with Crippen molar-refractivity contribution in [2.75, 3.05) is 0 Å². The molecule has 0 saturated heterocycles. The molecule has 1 atom stereocenters. The molecule has 1 aromatic rings. The molecule has 0 aliphatic rings. The Hall–Kier alpha value is -0.835. The second kappa shape index (κ2) is 5.90. The molecule has 0 aromatic heterocycles. The molecular weight excluding hydrogens is 189 g/mol. The minimum atomic E-state index is -1.33. The van der Waals surface area contributed by atoms with Crippen molar-refractivity contribution in [2.24, 2.45) is 0 Å². The average molecular weight is 207 g/mol. The topological polar surface area (TPSA) is 52.5 Å². The van der Waals surface area contributed by atoms with E-state index in [2.05, 4.69) is 5.32 Å². The molecule has 0 saturated carbocycles. The van der Waals surface area contributed by atoms with Gasteiger partial charge in [0.25, 0.3) is 0 Å². The Bertz CT molecular complexity index is 277. The summed E-state index contributed by atoms with van der Waals surface area (Å²) in [4.78, 5) is 0. The van der Waals surface area contributed by atoms with E-state index in [0.29, 0.717) is 6.42 Å². The monoisotopic (exact) mass is 207 g/mol. The Morgan fingerprint density at radius 2 is 1.80 bits per heavy atom. The van der Waals surface area contributed by atoms with Gasteiger partial charge in [-0.1, -0.05) is 44.2 Å². The highest BCUT2D eigenvalue weighted by Crippen LogP contribution is 2.04. The summed E-state index contributed by atoms with van der Waals surface area (Å²) in [5.74, 6) is -0.313. The summed E-state index contributed by atoms with van der Waals surface area (Å²) in [6.07, 6.45) is 0.622. The van der Waals surface area contributed by atoms with Crippen LogP contribution in [0.5, 0.6) is 0 Å². The molecule has 4 heteroatoms. The Kier molecular flexibility index (Phi) is 4.82. The smallest absolute Gasteiger partial charge is 0.426 e. The van der Waals surface area contributed by atoms with E-state index in [1.807, 2.05) is 44.2 Å². The first-order chi connectivity index (χ1) is 7.09. The highest BCUT2D eigenvalue weighted by molar-refractivity contribution is 6.43. The van der Waals surface area contributed by atoms with E-state index < -0.39 is 7.12 Å². The fourth-order valence-electron chi connectivity index (χ4n) is 1.55. The molecule has 1 aromatic carbocycles. The van der Waals surface area contributed by atoms with Crippen molar-refractivity contribution >= 4 is 7.12 Å². The van der Waals surface area contributed by atoms with Crippen molar-refractivity contribution < 1.29 is 10.0 Å². The minimum absolute atomic E-state index is 0.237. The molecule has 0 aliphatic carbocycles. The number of benzene rings is 1. The molecule has 15 heavy (non-hydrogen) atoms. The predicted molar refractivity (Wildman–Crippen MR) is 62.4 cm³/mol. The predicted octanol–water partition coefficient (Wildman–Crippen LogP) is 0.608. The average Bonchev–Trinajstić information content (AvgIpc) is 2.17. The van der Waals surface area contributed by atoms with Crippen LogP contribution in [-0.2, 0) is 6.42 Å². The summed E-state index contributed by atoms with van der Waals surface area (Å²) in [5.41, 5.74) is 1.10. The minimum Gasteiger partial charge on any atom is -0.426 e. The van der Waals surface area contributed by atoms with Crippen molar-refractivity contribution in [3.05, 3.63) is 35.9 Å². The SMILES string of the molecule is CC(C)N[C@@H](Cc1ccccc1)B(O)O. The molecule has 1 rings (SSSR count). The summed E-state index contributed by atoms with van der Waals surface area (Å²) >= 11 is 0. The molecule has 0 unspecified atom stereocenters. The van der Waals surface area contributed by atoms with E-state index in [9.17, 15) is 10.0 Å². The molecule has 0 bridgehead atoms. The fraction of sp³-hybridized carbons (Fsp3) is 0.455. The van der Waals surface area contributed by atoms with Crippen LogP contribution in [0, 0.1) is 0 Å². The molecule has 82 valence electrons. The molecule has 0 fully saturated rings. The largest absolute Gasteiger partial charge is 0.469 e. The van der Waals surface area contributed by atoms with Gasteiger partial charge in [-0.25, -0.2) is 0 Å². The van der Waals surface area contributed by atoms with E-state index >= 15 is 0 Å². The summed E-state index contributed by atoms with van der Waals surface area (Å²) in [6, 6.07) is 10.1. The first-order valence-electron chi connectivity index (χ1n) is 5.25. The second-order valence-corrected chi connectivity index (χ2v) is 4.03. The van der Waals surface area contributed by atoms with Crippen LogP contribution in [0.4, 0.5) is 0 Å². The van der Waals surface area contributed by atoms with Gasteiger partial charge in [-0.2, -0.15) is 0 Å². The molecule has 3 N–H and O–H groups in total. The van der Waals surface area contributed by atoms with Crippen molar-refractivity contribution in [2.45, 2.75) is 32.3 Å². The van der Waals surface area contributed by atoms with Gasteiger partial charge in [0.05, 0.1) is 0 Å². The Morgan fingerprint density at radius 3 is 2.27 bits per heavy atom. The van der Waals surface area contributed by atoms with Gasteiger partial charge in [0.2, 0.25) is 0 Å². The standard InChI is InChI=1S/C11H18BNO2/c1-9(2)13-11(12(14)15)8-10-6-4-3-5-7-10/h3-7,9,11,13-15H,8H2,1-2H3/t11-/m0/s1. The zero-order valence-electron chi connectivity index (χ0n) is 9.22. The molecule has 0 aliphatic heterocycles. The van der Waals surface area contributed by atoms with Crippen molar-refractivity contribution in [3.63, 3.8) is 0 Å². The van der Waals surface area contributed by atoms with Gasteiger partial charge in [0.1, 0.15) is 0 Å². The van der Waals surface area contributed by atoms with E-state index in [-0.39, 0.29) is 12.0 Å². The first-order valence-corrected chi connectivity index (χ1v) is 5.25. The van der Waals surface area contributed by atoms with Gasteiger partial charge in [-0.05, 0) is 12.0 Å². The Balaban J connectivity index is 2.59. The lowest BCUT2D eigenvalue weighted by molar-refractivity contribution is 0.359. The molecule has 0 spiro atoms. The van der Waals surface area contributed by atoms with E-state index in [1.54, 1.807) is 0 Å². The maximum atomic E-state index is 9.22. The highest BCUT2D eigenvalue weighted by atomic mass is 16.4. The van der Waals surface area contributed by atoms with Crippen molar-refractivity contribution in [1.82, 2.24) is 5.32 Å². The van der Waals surface area contributed by atoms with Crippen LogP contribution in [0.3, 0.4) is 0 Å². The third-order valence-corrected chi connectivity index (χ3v) is 2.21. The van der Waals surface area contributed by atoms with Crippen LogP contribution in [0.15, 0.2) is 30.3 Å². The van der Waals surface area contributed by atoms with Gasteiger partial charge >= 0.3 is 7.12 Å². The highest BCUT2D eigenvalue weighted by Gasteiger charge is 2.23.